The van der Waals surface area contributed by atoms with Crippen LogP contribution < -0.4 is 0 Å². The molecule has 0 amide bonds. The fourth-order valence-corrected chi connectivity index (χ4v) is 3.25. The number of ether oxygens (including phenoxy) is 1. The van der Waals surface area contributed by atoms with Gasteiger partial charge in [0.1, 0.15) is 0 Å². The van der Waals surface area contributed by atoms with Crippen LogP contribution in [0.15, 0.2) is 24.3 Å². The van der Waals surface area contributed by atoms with Crippen molar-refractivity contribution in [2.75, 3.05) is 13.2 Å². The molecule has 0 aromatic heterocycles. The number of hydrogen-bond donors (Lipinski definition) is 0. The molecular formula is C12H15ClO3S. The van der Waals surface area contributed by atoms with E-state index in [0.717, 1.165) is 37.2 Å². The third kappa shape index (κ3) is 3.69. The number of benzene rings is 1. The summed E-state index contributed by atoms with van der Waals surface area (Å²) in [5.74, 6) is 0.292. The standard InChI is InChI=1S/C12H15ClO3S/c13-17(14,15)9-11-3-1-2-4-12(11)10-5-7-16-8-6-10/h1-4,10H,5-9H2. The molecule has 0 unspecified atom stereocenters. The monoisotopic (exact) mass is 274 g/mol. The largest absolute Gasteiger partial charge is 0.381 e. The van der Waals surface area contributed by atoms with E-state index >= 15 is 0 Å². The zero-order valence-electron chi connectivity index (χ0n) is 9.43. The van der Waals surface area contributed by atoms with E-state index < -0.39 is 9.05 Å². The molecule has 0 spiro atoms. The Hall–Kier alpha value is -0.580. The molecular weight excluding hydrogens is 260 g/mol. The quantitative estimate of drug-likeness (QED) is 0.796. The van der Waals surface area contributed by atoms with Crippen LogP contribution in [0.2, 0.25) is 0 Å². The Labute approximate surface area is 106 Å². The van der Waals surface area contributed by atoms with Gasteiger partial charge in [-0.2, -0.15) is 0 Å². The van der Waals surface area contributed by atoms with E-state index in [2.05, 4.69) is 0 Å². The van der Waals surface area contributed by atoms with Crippen molar-refractivity contribution in [3.63, 3.8) is 0 Å². The highest BCUT2D eigenvalue weighted by Gasteiger charge is 2.20. The number of halogens is 1. The van der Waals surface area contributed by atoms with Crippen LogP contribution in [0, 0.1) is 0 Å². The molecule has 94 valence electrons. The van der Waals surface area contributed by atoms with E-state index in [1.165, 1.54) is 0 Å². The van der Waals surface area contributed by atoms with Gasteiger partial charge >= 0.3 is 0 Å². The lowest BCUT2D eigenvalue weighted by atomic mass is 9.89. The van der Waals surface area contributed by atoms with Gasteiger partial charge in [-0.15, -0.1) is 0 Å². The van der Waals surface area contributed by atoms with Gasteiger partial charge in [-0.1, -0.05) is 24.3 Å². The topological polar surface area (TPSA) is 43.4 Å². The second-order valence-corrected chi connectivity index (χ2v) is 7.05. The first kappa shape index (κ1) is 12.9. The van der Waals surface area contributed by atoms with E-state index in [1.807, 2.05) is 24.3 Å². The number of hydrogen-bond acceptors (Lipinski definition) is 3. The summed E-state index contributed by atoms with van der Waals surface area (Å²) >= 11 is 0. The summed E-state index contributed by atoms with van der Waals surface area (Å²) in [6.07, 6.45) is 1.89. The van der Waals surface area contributed by atoms with Crippen molar-refractivity contribution in [1.29, 1.82) is 0 Å². The maximum atomic E-state index is 11.2. The lowest BCUT2D eigenvalue weighted by Gasteiger charge is -2.24. The highest BCUT2D eigenvalue weighted by molar-refractivity contribution is 8.13. The molecule has 1 saturated heterocycles. The normalized spacial score (nSPS) is 18.2. The molecule has 1 fully saturated rings. The van der Waals surface area contributed by atoms with E-state index in [-0.39, 0.29) is 5.75 Å². The molecule has 0 bridgehead atoms. The Morgan fingerprint density at radius 3 is 2.53 bits per heavy atom. The van der Waals surface area contributed by atoms with Gasteiger partial charge in [0.25, 0.3) is 0 Å². The minimum absolute atomic E-state index is 0.0952. The zero-order valence-corrected chi connectivity index (χ0v) is 11.0. The van der Waals surface area contributed by atoms with Gasteiger partial charge in [-0.3, -0.25) is 0 Å². The second-order valence-electron chi connectivity index (χ2n) is 4.27. The van der Waals surface area contributed by atoms with Crippen LogP contribution in [0.5, 0.6) is 0 Å². The zero-order chi connectivity index (χ0) is 12.3. The van der Waals surface area contributed by atoms with Gasteiger partial charge in [0, 0.05) is 23.9 Å². The van der Waals surface area contributed by atoms with Crippen molar-refractivity contribution in [1.82, 2.24) is 0 Å². The van der Waals surface area contributed by atoms with Crippen LogP contribution in [0.1, 0.15) is 29.9 Å². The van der Waals surface area contributed by atoms with Gasteiger partial charge in [0.05, 0.1) is 5.75 Å². The maximum absolute atomic E-state index is 11.2. The average molecular weight is 275 g/mol. The summed E-state index contributed by atoms with van der Waals surface area (Å²) in [6.45, 7) is 1.49. The van der Waals surface area contributed by atoms with Gasteiger partial charge in [0.2, 0.25) is 9.05 Å². The highest BCUT2D eigenvalue weighted by Crippen LogP contribution is 2.30. The molecule has 3 nitrogen and oxygen atoms in total. The Balaban J connectivity index is 2.26. The van der Waals surface area contributed by atoms with Crippen LogP contribution >= 0.6 is 10.7 Å². The minimum atomic E-state index is -3.50. The fraction of sp³-hybridized carbons (Fsp3) is 0.500. The van der Waals surface area contributed by atoms with E-state index in [1.54, 1.807) is 0 Å². The van der Waals surface area contributed by atoms with E-state index in [9.17, 15) is 8.42 Å². The molecule has 5 heteroatoms. The third-order valence-electron chi connectivity index (χ3n) is 3.04. The molecule has 2 rings (SSSR count). The molecule has 0 aliphatic carbocycles. The maximum Gasteiger partial charge on any atom is 0.236 e. The number of rotatable bonds is 3. The first-order valence-electron chi connectivity index (χ1n) is 5.64. The van der Waals surface area contributed by atoms with Crippen LogP contribution in [0.3, 0.4) is 0 Å². The molecule has 0 radical (unpaired) electrons. The fourth-order valence-electron chi connectivity index (χ4n) is 2.26. The molecule has 1 aromatic carbocycles. The van der Waals surface area contributed by atoms with Crippen LogP contribution in [0.4, 0.5) is 0 Å². The van der Waals surface area contributed by atoms with Crippen molar-refractivity contribution in [3.05, 3.63) is 35.4 Å². The lowest BCUT2D eigenvalue weighted by molar-refractivity contribution is 0.0852. The van der Waals surface area contributed by atoms with Crippen molar-refractivity contribution < 1.29 is 13.2 Å². The molecule has 1 aliphatic rings. The molecule has 17 heavy (non-hydrogen) atoms. The van der Waals surface area contributed by atoms with Crippen molar-refractivity contribution in [2.45, 2.75) is 24.5 Å². The van der Waals surface area contributed by atoms with E-state index in [0.29, 0.717) is 5.92 Å². The Bertz CT molecular complexity index is 478. The molecule has 0 saturated carbocycles. The summed E-state index contributed by atoms with van der Waals surface area (Å²) in [5, 5.41) is 0. The second kappa shape index (κ2) is 5.38. The summed E-state index contributed by atoms with van der Waals surface area (Å²) in [6, 6.07) is 7.62. The van der Waals surface area contributed by atoms with Crippen molar-refractivity contribution in [2.24, 2.45) is 0 Å². The summed E-state index contributed by atoms with van der Waals surface area (Å²) in [4.78, 5) is 0. The molecule has 1 aliphatic heterocycles. The van der Waals surface area contributed by atoms with E-state index in [4.69, 9.17) is 15.4 Å². The lowest BCUT2D eigenvalue weighted by Crippen LogP contribution is -2.15. The summed E-state index contributed by atoms with van der Waals surface area (Å²) in [7, 11) is 1.83. The van der Waals surface area contributed by atoms with Crippen LogP contribution in [0.25, 0.3) is 0 Å². The highest BCUT2D eigenvalue weighted by atomic mass is 35.7. The Kier molecular flexibility index (Phi) is 4.07. The summed E-state index contributed by atoms with van der Waals surface area (Å²) in [5.41, 5.74) is 1.91. The smallest absolute Gasteiger partial charge is 0.236 e. The summed E-state index contributed by atoms with van der Waals surface area (Å²) < 4.78 is 27.7. The average Bonchev–Trinajstić information content (AvgIpc) is 2.29. The third-order valence-corrected chi connectivity index (χ3v) is 4.03. The molecule has 0 atom stereocenters. The van der Waals surface area contributed by atoms with Crippen LogP contribution in [-0.2, 0) is 19.5 Å². The predicted molar refractivity (Wildman–Crippen MR) is 67.7 cm³/mol. The van der Waals surface area contributed by atoms with Crippen LogP contribution in [-0.4, -0.2) is 21.6 Å². The van der Waals surface area contributed by atoms with Gasteiger partial charge in [-0.05, 0) is 29.9 Å². The predicted octanol–water partition coefficient (Wildman–Crippen LogP) is 2.65. The first-order chi connectivity index (χ1) is 8.06. The van der Waals surface area contributed by atoms with Gasteiger partial charge in [0.15, 0.2) is 0 Å². The molecule has 1 heterocycles. The van der Waals surface area contributed by atoms with Crippen molar-refractivity contribution in [3.8, 4) is 0 Å². The molecule has 1 aromatic rings. The molecule has 0 N–H and O–H groups in total. The Morgan fingerprint density at radius 2 is 1.88 bits per heavy atom. The SMILES string of the molecule is O=S(=O)(Cl)Cc1ccccc1C1CCOCC1. The van der Waals surface area contributed by atoms with Gasteiger partial charge < -0.3 is 4.74 Å². The van der Waals surface area contributed by atoms with Crippen molar-refractivity contribution >= 4 is 19.7 Å². The first-order valence-corrected chi connectivity index (χ1v) is 8.12. The Morgan fingerprint density at radius 1 is 1.24 bits per heavy atom. The van der Waals surface area contributed by atoms with Gasteiger partial charge in [-0.25, -0.2) is 8.42 Å². The minimum Gasteiger partial charge on any atom is -0.381 e.